The molecule has 0 saturated carbocycles. The van der Waals surface area contributed by atoms with Crippen molar-refractivity contribution >= 4 is 5.97 Å². The fourth-order valence-corrected chi connectivity index (χ4v) is 0.770. The second-order valence-corrected chi connectivity index (χ2v) is 5.22. The summed E-state index contributed by atoms with van der Waals surface area (Å²) in [5.74, 6) is -1.01. The van der Waals surface area contributed by atoms with Gasteiger partial charge in [-0.25, -0.2) is 0 Å². The van der Waals surface area contributed by atoms with Gasteiger partial charge in [0.15, 0.2) is 0 Å². The fraction of sp³-hybridized carbons (Fsp3) is 0.909. The highest BCUT2D eigenvalue weighted by atomic mass is 16.4. The van der Waals surface area contributed by atoms with Crippen LogP contribution in [0.4, 0.5) is 0 Å². The molecule has 3 nitrogen and oxygen atoms in total. The Morgan fingerprint density at radius 1 is 1.07 bits per heavy atom. The minimum Gasteiger partial charge on any atom is -0.550 e. The van der Waals surface area contributed by atoms with E-state index in [1.54, 1.807) is 20.8 Å². The highest BCUT2D eigenvalue weighted by Gasteiger charge is 2.09. The van der Waals surface area contributed by atoms with Gasteiger partial charge in [-0.05, 0) is 27.7 Å². The van der Waals surface area contributed by atoms with E-state index in [-0.39, 0.29) is 0 Å². The van der Waals surface area contributed by atoms with E-state index in [1.165, 1.54) is 0 Å². The smallest absolute Gasteiger partial charge is 0.0803 e. The van der Waals surface area contributed by atoms with E-state index in [0.717, 1.165) is 12.1 Å². The van der Waals surface area contributed by atoms with Crippen LogP contribution in [0.3, 0.4) is 0 Å². The summed E-state index contributed by atoms with van der Waals surface area (Å²) in [6.45, 7) is 13.6. The van der Waals surface area contributed by atoms with E-state index in [4.69, 9.17) is 0 Å². The van der Waals surface area contributed by atoms with Crippen molar-refractivity contribution in [2.45, 2.75) is 60.5 Å². The summed E-state index contributed by atoms with van der Waals surface area (Å²) < 4.78 is 0. The molecule has 0 radical (unpaired) electrons. The number of carbonyl (C=O) groups excluding carboxylic acids is 1. The molecule has 0 saturated heterocycles. The number of nitrogens with two attached hydrogens (primary N) is 1. The molecule has 0 spiro atoms. The zero-order valence-electron chi connectivity index (χ0n) is 10.5. The fourth-order valence-electron chi connectivity index (χ4n) is 0.770. The maximum Gasteiger partial charge on any atom is 0.0803 e. The second-order valence-electron chi connectivity index (χ2n) is 5.22. The first kappa shape index (κ1) is 15.9. The van der Waals surface area contributed by atoms with Gasteiger partial charge < -0.3 is 15.2 Å². The molecular weight excluding hydrogens is 178 g/mol. The number of quaternary nitrogens is 1. The number of rotatable bonds is 2. The third-order valence-electron chi connectivity index (χ3n) is 1.38. The lowest BCUT2D eigenvalue weighted by Crippen LogP contribution is -2.92. The Morgan fingerprint density at radius 2 is 1.29 bits per heavy atom. The van der Waals surface area contributed by atoms with E-state index < -0.39 is 11.4 Å². The Labute approximate surface area is 87.9 Å². The van der Waals surface area contributed by atoms with Crippen LogP contribution >= 0.6 is 0 Å². The van der Waals surface area contributed by atoms with Gasteiger partial charge in [0, 0.05) is 11.4 Å². The minimum absolute atomic E-state index is 0.694. The Balaban J connectivity index is 0. The van der Waals surface area contributed by atoms with Crippen LogP contribution in [0.25, 0.3) is 0 Å². The number of carbonyl (C=O) groups is 1. The predicted molar refractivity (Wildman–Crippen MR) is 56.7 cm³/mol. The molecule has 0 aromatic carbocycles. The van der Waals surface area contributed by atoms with Crippen molar-refractivity contribution in [2.75, 3.05) is 0 Å². The van der Waals surface area contributed by atoms with Crippen molar-refractivity contribution in [3.8, 4) is 0 Å². The molecular formula is C11H25NO2. The van der Waals surface area contributed by atoms with Gasteiger partial charge in [0.1, 0.15) is 0 Å². The Morgan fingerprint density at radius 3 is 1.29 bits per heavy atom. The molecule has 14 heavy (non-hydrogen) atoms. The maximum absolute atomic E-state index is 9.91. The molecule has 0 aliphatic rings. The zero-order valence-corrected chi connectivity index (χ0v) is 10.5. The van der Waals surface area contributed by atoms with Gasteiger partial charge >= 0.3 is 0 Å². The number of hydrogen-bond acceptors (Lipinski definition) is 2. The molecule has 0 aliphatic heterocycles. The SMILES string of the molecule is CC(C)(C)C(=O)[O-].CC(C)[NH2+]C(C)C. The summed E-state index contributed by atoms with van der Waals surface area (Å²) in [7, 11) is 0. The molecule has 0 aliphatic carbocycles. The van der Waals surface area contributed by atoms with E-state index in [0.29, 0.717) is 0 Å². The molecule has 0 heterocycles. The lowest BCUT2D eigenvalue weighted by Gasteiger charge is -2.18. The van der Waals surface area contributed by atoms with Gasteiger partial charge in [-0.3, -0.25) is 0 Å². The predicted octanol–water partition coefficient (Wildman–Crippen LogP) is 0.149. The van der Waals surface area contributed by atoms with Crippen LogP contribution in [-0.2, 0) is 4.79 Å². The first-order valence-corrected chi connectivity index (χ1v) is 5.13. The van der Waals surface area contributed by atoms with Crippen molar-refractivity contribution in [3.05, 3.63) is 0 Å². The van der Waals surface area contributed by atoms with Crippen LogP contribution in [0.1, 0.15) is 48.5 Å². The molecule has 0 bridgehead atoms. The van der Waals surface area contributed by atoms with Crippen LogP contribution < -0.4 is 10.4 Å². The average molecular weight is 203 g/mol. The van der Waals surface area contributed by atoms with E-state index >= 15 is 0 Å². The third kappa shape index (κ3) is 14.0. The molecule has 0 atom stereocenters. The van der Waals surface area contributed by atoms with Crippen LogP contribution in [0.15, 0.2) is 0 Å². The molecule has 0 aromatic rings. The van der Waals surface area contributed by atoms with E-state index in [9.17, 15) is 9.90 Å². The summed E-state index contributed by atoms with van der Waals surface area (Å²) >= 11 is 0. The molecule has 0 amide bonds. The average Bonchev–Trinajstić information content (AvgIpc) is 1.81. The second kappa shape index (κ2) is 6.82. The first-order chi connectivity index (χ1) is 6.07. The molecule has 86 valence electrons. The van der Waals surface area contributed by atoms with Gasteiger partial charge in [0.2, 0.25) is 0 Å². The van der Waals surface area contributed by atoms with Crippen molar-refractivity contribution in [3.63, 3.8) is 0 Å². The molecule has 2 N–H and O–H groups in total. The normalized spacial score (nSPS) is 11.2. The van der Waals surface area contributed by atoms with Crippen molar-refractivity contribution in [1.82, 2.24) is 0 Å². The summed E-state index contributed by atoms with van der Waals surface area (Å²) in [5.41, 5.74) is -0.694. The summed E-state index contributed by atoms with van der Waals surface area (Å²) in [6, 6.07) is 1.50. The lowest BCUT2D eigenvalue weighted by atomic mass is 9.98. The summed E-state index contributed by atoms with van der Waals surface area (Å²) in [4.78, 5) is 9.91. The molecule has 3 heteroatoms. The molecule has 0 unspecified atom stereocenters. The Hall–Kier alpha value is -0.570. The van der Waals surface area contributed by atoms with Crippen LogP contribution in [0, 0.1) is 5.41 Å². The van der Waals surface area contributed by atoms with Crippen molar-refractivity contribution < 1.29 is 15.2 Å². The van der Waals surface area contributed by atoms with Crippen molar-refractivity contribution in [1.29, 1.82) is 0 Å². The van der Waals surface area contributed by atoms with Gasteiger partial charge in [-0.1, -0.05) is 20.8 Å². The number of aliphatic carboxylic acids is 1. The van der Waals surface area contributed by atoms with E-state index in [1.807, 2.05) is 0 Å². The summed E-state index contributed by atoms with van der Waals surface area (Å²) in [5, 5.41) is 12.2. The largest absolute Gasteiger partial charge is 0.550 e. The number of hydrogen-bond donors (Lipinski definition) is 1. The Bertz CT molecular complexity index is 151. The minimum atomic E-state index is -1.01. The third-order valence-corrected chi connectivity index (χ3v) is 1.38. The number of carboxylic acids is 1. The Kier molecular flexibility index (Phi) is 7.74. The molecule has 0 rings (SSSR count). The highest BCUT2D eigenvalue weighted by Crippen LogP contribution is 2.09. The topological polar surface area (TPSA) is 56.7 Å². The molecule has 0 fully saturated rings. The zero-order chi connectivity index (χ0) is 11.9. The van der Waals surface area contributed by atoms with Gasteiger partial charge in [-0.15, -0.1) is 0 Å². The monoisotopic (exact) mass is 203 g/mol. The van der Waals surface area contributed by atoms with Gasteiger partial charge in [-0.2, -0.15) is 0 Å². The quantitative estimate of drug-likeness (QED) is 0.694. The van der Waals surface area contributed by atoms with Crippen LogP contribution in [0.5, 0.6) is 0 Å². The summed E-state index contributed by atoms with van der Waals surface area (Å²) in [6.07, 6.45) is 0. The van der Waals surface area contributed by atoms with Crippen LogP contribution in [0.2, 0.25) is 0 Å². The lowest BCUT2D eigenvalue weighted by molar-refractivity contribution is -0.709. The highest BCUT2D eigenvalue weighted by molar-refractivity contribution is 5.70. The van der Waals surface area contributed by atoms with E-state index in [2.05, 4.69) is 33.0 Å². The van der Waals surface area contributed by atoms with Crippen LogP contribution in [-0.4, -0.2) is 18.1 Å². The van der Waals surface area contributed by atoms with Gasteiger partial charge in [0.05, 0.1) is 12.1 Å². The van der Waals surface area contributed by atoms with Gasteiger partial charge in [0.25, 0.3) is 0 Å². The van der Waals surface area contributed by atoms with Crippen molar-refractivity contribution in [2.24, 2.45) is 5.41 Å². The standard InChI is InChI=1S/C6H15N.C5H10O2/c1-5(2)7-6(3)4;1-5(2,3)4(6)7/h5-7H,1-4H3;1-3H3,(H,6,7). The number of carboxylic acid groups (broad SMARTS) is 1. The first-order valence-electron chi connectivity index (χ1n) is 5.13. The molecule has 0 aromatic heterocycles. The maximum atomic E-state index is 9.91.